The molecule has 1 aromatic heterocycles. The van der Waals surface area contributed by atoms with Gasteiger partial charge in [-0.15, -0.1) is 6.58 Å². The minimum absolute atomic E-state index is 0.0809. The average Bonchev–Trinajstić information content (AvgIpc) is 3.21. The number of halogens is 1. The van der Waals surface area contributed by atoms with Gasteiger partial charge in [-0.3, -0.25) is 9.59 Å². The summed E-state index contributed by atoms with van der Waals surface area (Å²) in [6.07, 6.45) is 3.06. The molecule has 0 bridgehead atoms. The lowest BCUT2D eigenvalue weighted by Crippen LogP contribution is -2.34. The summed E-state index contributed by atoms with van der Waals surface area (Å²) in [5.41, 5.74) is 1.43. The van der Waals surface area contributed by atoms with E-state index >= 15 is 0 Å². The molecule has 3 aromatic rings. The molecule has 0 aliphatic carbocycles. The first kappa shape index (κ1) is 20.4. The van der Waals surface area contributed by atoms with E-state index in [4.69, 9.17) is 4.42 Å². The van der Waals surface area contributed by atoms with Crippen LogP contribution in [0.15, 0.2) is 94.0 Å². The van der Waals surface area contributed by atoms with Gasteiger partial charge < -0.3 is 15.1 Å². The molecule has 146 valence electrons. The van der Waals surface area contributed by atoms with Gasteiger partial charge >= 0.3 is 0 Å². The highest BCUT2D eigenvalue weighted by molar-refractivity contribution is 9.10. The van der Waals surface area contributed by atoms with Gasteiger partial charge in [0.2, 0.25) is 0 Å². The summed E-state index contributed by atoms with van der Waals surface area (Å²) in [5.74, 6) is 0.282. The van der Waals surface area contributed by atoms with E-state index in [9.17, 15) is 9.59 Å². The average molecular weight is 451 g/mol. The Kier molecular flexibility index (Phi) is 6.81. The van der Waals surface area contributed by atoms with Crippen LogP contribution in [-0.2, 0) is 4.79 Å². The maximum Gasteiger partial charge on any atom is 0.268 e. The second-order valence-corrected chi connectivity index (χ2v) is 7.00. The fourth-order valence-electron chi connectivity index (χ4n) is 2.54. The predicted molar refractivity (Wildman–Crippen MR) is 117 cm³/mol. The number of carbonyl (C=O) groups is 2. The van der Waals surface area contributed by atoms with Gasteiger partial charge in [0.05, 0.1) is 0 Å². The van der Waals surface area contributed by atoms with Gasteiger partial charge in [0, 0.05) is 28.2 Å². The van der Waals surface area contributed by atoms with Crippen molar-refractivity contribution >= 4 is 33.8 Å². The summed E-state index contributed by atoms with van der Waals surface area (Å²) >= 11 is 3.40. The molecule has 1 heterocycles. The number of amides is 2. The minimum atomic E-state index is -0.434. The molecule has 3 rings (SSSR count). The zero-order chi connectivity index (χ0) is 20.6. The molecule has 0 saturated heterocycles. The van der Waals surface area contributed by atoms with Crippen molar-refractivity contribution in [3.05, 3.63) is 101 Å². The number of nitrogens with one attached hydrogen (secondary N) is 2. The van der Waals surface area contributed by atoms with E-state index < -0.39 is 5.91 Å². The fourth-order valence-corrected chi connectivity index (χ4v) is 2.81. The third-order valence-corrected chi connectivity index (χ3v) is 4.51. The SMILES string of the molecule is C=CCNC(=O)/C(=C/c1ccc(-c2ccc(Br)cc2)o1)NC(=O)c1ccccc1. The first-order valence-corrected chi connectivity index (χ1v) is 9.69. The normalized spacial score (nSPS) is 11.0. The van der Waals surface area contributed by atoms with E-state index in [1.165, 1.54) is 6.08 Å². The monoisotopic (exact) mass is 450 g/mol. The van der Waals surface area contributed by atoms with E-state index in [0.29, 0.717) is 17.1 Å². The zero-order valence-electron chi connectivity index (χ0n) is 15.5. The number of carbonyl (C=O) groups excluding carboxylic acids is 2. The molecule has 0 unspecified atom stereocenters. The van der Waals surface area contributed by atoms with Crippen molar-refractivity contribution in [2.24, 2.45) is 0 Å². The van der Waals surface area contributed by atoms with Gasteiger partial charge in [0.1, 0.15) is 17.2 Å². The highest BCUT2D eigenvalue weighted by Gasteiger charge is 2.15. The fraction of sp³-hybridized carbons (Fsp3) is 0.0435. The van der Waals surface area contributed by atoms with Crippen LogP contribution in [0.25, 0.3) is 17.4 Å². The van der Waals surface area contributed by atoms with Crippen LogP contribution in [-0.4, -0.2) is 18.4 Å². The van der Waals surface area contributed by atoms with Crippen LogP contribution in [0.2, 0.25) is 0 Å². The zero-order valence-corrected chi connectivity index (χ0v) is 17.1. The molecule has 6 heteroatoms. The van der Waals surface area contributed by atoms with Gasteiger partial charge in [-0.05, 0) is 36.4 Å². The third-order valence-electron chi connectivity index (χ3n) is 3.98. The van der Waals surface area contributed by atoms with Crippen molar-refractivity contribution in [3.63, 3.8) is 0 Å². The molecule has 29 heavy (non-hydrogen) atoms. The summed E-state index contributed by atoms with van der Waals surface area (Å²) in [4.78, 5) is 25.0. The highest BCUT2D eigenvalue weighted by atomic mass is 79.9. The minimum Gasteiger partial charge on any atom is -0.457 e. The molecule has 0 aliphatic rings. The van der Waals surface area contributed by atoms with Crippen LogP contribution in [0.1, 0.15) is 16.1 Å². The van der Waals surface area contributed by atoms with E-state index in [1.54, 1.807) is 36.4 Å². The van der Waals surface area contributed by atoms with E-state index in [0.717, 1.165) is 10.0 Å². The largest absolute Gasteiger partial charge is 0.457 e. The molecule has 0 saturated carbocycles. The standard InChI is InChI=1S/C23H19BrN2O3/c1-2-14-25-23(28)20(26-22(27)17-6-4-3-5-7-17)15-19-12-13-21(29-19)16-8-10-18(24)11-9-16/h2-13,15H,1,14H2,(H,25,28)(H,26,27)/b20-15-. The van der Waals surface area contributed by atoms with Crippen molar-refractivity contribution < 1.29 is 14.0 Å². The molecular formula is C23H19BrN2O3. The smallest absolute Gasteiger partial charge is 0.268 e. The lowest BCUT2D eigenvalue weighted by atomic mass is 10.2. The van der Waals surface area contributed by atoms with Crippen LogP contribution in [0.4, 0.5) is 0 Å². The second-order valence-electron chi connectivity index (χ2n) is 6.09. The second kappa shape index (κ2) is 9.71. The van der Waals surface area contributed by atoms with Crippen molar-refractivity contribution in [3.8, 4) is 11.3 Å². The molecule has 0 radical (unpaired) electrons. The van der Waals surface area contributed by atoms with Crippen LogP contribution in [0, 0.1) is 0 Å². The van der Waals surface area contributed by atoms with Gasteiger partial charge in [-0.25, -0.2) is 0 Å². The first-order valence-electron chi connectivity index (χ1n) is 8.90. The third kappa shape index (κ3) is 5.56. The summed E-state index contributed by atoms with van der Waals surface area (Å²) in [7, 11) is 0. The Morgan fingerprint density at radius 2 is 1.72 bits per heavy atom. The Labute approximate surface area is 177 Å². The lowest BCUT2D eigenvalue weighted by Gasteiger charge is -2.09. The summed E-state index contributed by atoms with van der Waals surface area (Å²) < 4.78 is 6.81. The summed E-state index contributed by atoms with van der Waals surface area (Å²) in [6, 6.07) is 19.9. The quantitative estimate of drug-likeness (QED) is 0.401. The molecule has 2 amide bonds. The Morgan fingerprint density at radius 1 is 1.00 bits per heavy atom. The Morgan fingerprint density at radius 3 is 2.41 bits per heavy atom. The van der Waals surface area contributed by atoms with Crippen LogP contribution >= 0.6 is 15.9 Å². The van der Waals surface area contributed by atoms with Gasteiger partial charge in [0.15, 0.2) is 0 Å². The molecule has 0 spiro atoms. The van der Waals surface area contributed by atoms with Gasteiger partial charge in [-0.2, -0.15) is 0 Å². The molecule has 0 fully saturated rings. The molecule has 2 aromatic carbocycles. The Bertz CT molecular complexity index is 1040. The first-order chi connectivity index (χ1) is 14.1. The van der Waals surface area contributed by atoms with Crippen molar-refractivity contribution in [1.82, 2.24) is 10.6 Å². The molecular weight excluding hydrogens is 432 g/mol. The molecule has 5 nitrogen and oxygen atoms in total. The Hall–Kier alpha value is -3.38. The number of hydrogen-bond acceptors (Lipinski definition) is 3. The lowest BCUT2D eigenvalue weighted by molar-refractivity contribution is -0.117. The topological polar surface area (TPSA) is 71.3 Å². The van der Waals surface area contributed by atoms with Crippen LogP contribution in [0.5, 0.6) is 0 Å². The number of rotatable bonds is 7. The van der Waals surface area contributed by atoms with Gasteiger partial charge in [0.25, 0.3) is 11.8 Å². The highest BCUT2D eigenvalue weighted by Crippen LogP contribution is 2.25. The van der Waals surface area contributed by atoms with Crippen LogP contribution < -0.4 is 10.6 Å². The van der Waals surface area contributed by atoms with Gasteiger partial charge in [-0.1, -0.05) is 52.3 Å². The van der Waals surface area contributed by atoms with E-state index in [1.807, 2.05) is 36.4 Å². The van der Waals surface area contributed by atoms with Crippen molar-refractivity contribution in [2.45, 2.75) is 0 Å². The molecule has 2 N–H and O–H groups in total. The molecule has 0 atom stereocenters. The van der Waals surface area contributed by atoms with Crippen molar-refractivity contribution in [1.29, 1.82) is 0 Å². The number of hydrogen-bond donors (Lipinski definition) is 2. The number of benzene rings is 2. The Balaban J connectivity index is 1.86. The maximum absolute atomic E-state index is 12.5. The number of furan rings is 1. The maximum atomic E-state index is 12.5. The van der Waals surface area contributed by atoms with Crippen molar-refractivity contribution in [2.75, 3.05) is 6.54 Å². The summed E-state index contributed by atoms with van der Waals surface area (Å²) in [5, 5.41) is 5.32. The van der Waals surface area contributed by atoms with Crippen LogP contribution in [0.3, 0.4) is 0 Å². The van der Waals surface area contributed by atoms with E-state index in [-0.39, 0.29) is 18.1 Å². The molecule has 0 aliphatic heterocycles. The van der Waals surface area contributed by atoms with E-state index in [2.05, 4.69) is 33.1 Å². The predicted octanol–water partition coefficient (Wildman–Crippen LogP) is 4.78. The summed E-state index contributed by atoms with van der Waals surface area (Å²) in [6.45, 7) is 3.86.